The van der Waals surface area contributed by atoms with Crippen LogP contribution < -0.4 is 15.4 Å². The summed E-state index contributed by atoms with van der Waals surface area (Å²) in [5.74, 6) is 0.829. The number of rotatable bonds is 5. The lowest BCUT2D eigenvalue weighted by Gasteiger charge is -2.13. The molecule has 0 radical (unpaired) electrons. The van der Waals surface area contributed by atoms with E-state index in [-0.39, 0.29) is 12.1 Å². The maximum Gasteiger partial charge on any atom is 0.314 e. The van der Waals surface area contributed by atoms with Gasteiger partial charge in [-0.2, -0.15) is 0 Å². The largest absolute Gasteiger partial charge is 0.496 e. The van der Waals surface area contributed by atoms with Crippen LogP contribution in [-0.4, -0.2) is 25.7 Å². The van der Waals surface area contributed by atoms with E-state index in [0.29, 0.717) is 18.0 Å². The molecule has 4 nitrogen and oxygen atoms in total. The van der Waals surface area contributed by atoms with Crippen molar-refractivity contribution < 1.29 is 9.53 Å². The maximum atomic E-state index is 11.5. The molecule has 19 heavy (non-hydrogen) atoms. The van der Waals surface area contributed by atoms with E-state index in [2.05, 4.69) is 10.6 Å². The van der Waals surface area contributed by atoms with Crippen LogP contribution in [0.5, 0.6) is 5.75 Å². The molecule has 0 aromatic heterocycles. The van der Waals surface area contributed by atoms with Crippen LogP contribution >= 0.6 is 11.6 Å². The molecule has 0 saturated carbocycles. The number of nitrogens with one attached hydrogen (secondary N) is 2. The molecule has 0 aliphatic heterocycles. The third-order valence-electron chi connectivity index (χ3n) is 2.62. The van der Waals surface area contributed by atoms with Gasteiger partial charge in [-0.25, -0.2) is 4.79 Å². The molecule has 106 valence electrons. The first-order valence-electron chi connectivity index (χ1n) is 6.31. The molecule has 0 heterocycles. The lowest BCUT2D eigenvalue weighted by atomic mass is 10.1. The minimum absolute atomic E-state index is 0.128. The number of hydrogen-bond donors (Lipinski definition) is 2. The van der Waals surface area contributed by atoms with Crippen LogP contribution in [0.2, 0.25) is 5.02 Å². The molecule has 1 aromatic carbocycles. The SMILES string of the molecule is COc1c(C)cc(Cl)cc1CCNC(=O)NC(C)C. The third kappa shape index (κ3) is 4.99. The van der Waals surface area contributed by atoms with Gasteiger partial charge in [-0.3, -0.25) is 0 Å². The average molecular weight is 285 g/mol. The van der Waals surface area contributed by atoms with Crippen LogP contribution in [0, 0.1) is 6.92 Å². The zero-order valence-electron chi connectivity index (χ0n) is 11.8. The highest BCUT2D eigenvalue weighted by molar-refractivity contribution is 6.30. The van der Waals surface area contributed by atoms with E-state index < -0.39 is 0 Å². The predicted molar refractivity (Wildman–Crippen MR) is 78.1 cm³/mol. The van der Waals surface area contributed by atoms with Gasteiger partial charge in [0, 0.05) is 17.6 Å². The fraction of sp³-hybridized carbons (Fsp3) is 0.500. The van der Waals surface area contributed by atoms with Crippen LogP contribution in [0.25, 0.3) is 0 Å². The minimum Gasteiger partial charge on any atom is -0.496 e. The highest BCUT2D eigenvalue weighted by atomic mass is 35.5. The summed E-state index contributed by atoms with van der Waals surface area (Å²) < 4.78 is 5.37. The van der Waals surface area contributed by atoms with E-state index in [0.717, 1.165) is 16.9 Å². The fourth-order valence-corrected chi connectivity index (χ4v) is 2.20. The first kappa shape index (κ1) is 15.6. The van der Waals surface area contributed by atoms with E-state index in [1.807, 2.05) is 32.9 Å². The summed E-state index contributed by atoms with van der Waals surface area (Å²) in [6, 6.07) is 3.70. The van der Waals surface area contributed by atoms with Gasteiger partial charge in [-0.15, -0.1) is 0 Å². The molecule has 0 saturated heterocycles. The fourth-order valence-electron chi connectivity index (χ4n) is 1.90. The quantitative estimate of drug-likeness (QED) is 0.873. The van der Waals surface area contributed by atoms with Crippen molar-refractivity contribution in [1.82, 2.24) is 10.6 Å². The molecule has 0 aliphatic rings. The summed E-state index contributed by atoms with van der Waals surface area (Å²) in [6.45, 7) is 6.33. The Hall–Kier alpha value is -1.42. The van der Waals surface area contributed by atoms with Crippen molar-refractivity contribution in [3.63, 3.8) is 0 Å². The highest BCUT2D eigenvalue weighted by Crippen LogP contribution is 2.27. The van der Waals surface area contributed by atoms with Gasteiger partial charge in [0.25, 0.3) is 0 Å². The summed E-state index contributed by atoms with van der Waals surface area (Å²) in [5.41, 5.74) is 1.99. The van der Waals surface area contributed by atoms with Crippen LogP contribution in [0.15, 0.2) is 12.1 Å². The zero-order chi connectivity index (χ0) is 14.4. The molecular weight excluding hydrogens is 264 g/mol. The molecule has 5 heteroatoms. The van der Waals surface area contributed by atoms with Crippen LogP contribution in [-0.2, 0) is 6.42 Å². The number of aryl methyl sites for hydroxylation is 1. The molecule has 1 aromatic rings. The topological polar surface area (TPSA) is 50.4 Å². The van der Waals surface area contributed by atoms with E-state index in [1.54, 1.807) is 7.11 Å². The maximum absolute atomic E-state index is 11.5. The van der Waals surface area contributed by atoms with Gasteiger partial charge >= 0.3 is 6.03 Å². The van der Waals surface area contributed by atoms with E-state index in [9.17, 15) is 4.79 Å². The molecule has 1 rings (SSSR count). The number of amides is 2. The van der Waals surface area contributed by atoms with Crippen molar-refractivity contribution in [2.75, 3.05) is 13.7 Å². The van der Waals surface area contributed by atoms with Crippen LogP contribution in [0.1, 0.15) is 25.0 Å². The summed E-state index contributed by atoms with van der Waals surface area (Å²) in [6.07, 6.45) is 0.677. The molecule has 0 aliphatic carbocycles. The number of ether oxygens (including phenoxy) is 1. The monoisotopic (exact) mass is 284 g/mol. The number of urea groups is 1. The lowest BCUT2D eigenvalue weighted by molar-refractivity contribution is 0.238. The number of benzene rings is 1. The number of methoxy groups -OCH3 is 1. The van der Waals surface area contributed by atoms with Gasteiger partial charge in [-0.05, 0) is 50.5 Å². The summed E-state index contributed by atoms with van der Waals surface area (Å²) in [7, 11) is 1.64. The lowest BCUT2D eigenvalue weighted by Crippen LogP contribution is -2.40. The number of hydrogen-bond acceptors (Lipinski definition) is 2. The van der Waals surface area contributed by atoms with Crippen molar-refractivity contribution in [3.8, 4) is 5.75 Å². The average Bonchev–Trinajstić information content (AvgIpc) is 2.27. The van der Waals surface area contributed by atoms with Gasteiger partial charge in [0.1, 0.15) is 5.75 Å². The van der Waals surface area contributed by atoms with Crippen molar-refractivity contribution in [3.05, 3.63) is 28.3 Å². The molecule has 2 amide bonds. The summed E-state index contributed by atoms with van der Waals surface area (Å²) in [4.78, 5) is 11.5. The summed E-state index contributed by atoms with van der Waals surface area (Å²) in [5, 5.41) is 6.26. The molecule has 0 atom stereocenters. The van der Waals surface area contributed by atoms with E-state index >= 15 is 0 Å². The first-order valence-corrected chi connectivity index (χ1v) is 6.69. The Morgan fingerprint density at radius 3 is 2.68 bits per heavy atom. The third-order valence-corrected chi connectivity index (χ3v) is 2.84. The van der Waals surface area contributed by atoms with Gasteiger partial charge in [0.15, 0.2) is 0 Å². The Labute approximate surface area is 119 Å². The van der Waals surface area contributed by atoms with Gasteiger partial charge in [0.05, 0.1) is 7.11 Å². The Kier molecular flexibility index (Phi) is 5.96. The summed E-state index contributed by atoms with van der Waals surface area (Å²) >= 11 is 6.03. The van der Waals surface area contributed by atoms with Crippen molar-refractivity contribution in [1.29, 1.82) is 0 Å². The zero-order valence-corrected chi connectivity index (χ0v) is 12.6. The Bertz CT molecular complexity index is 447. The number of carbonyl (C=O) groups excluding carboxylic acids is 1. The second-order valence-corrected chi connectivity index (χ2v) is 5.16. The number of carbonyl (C=O) groups is 1. The second-order valence-electron chi connectivity index (χ2n) is 4.72. The van der Waals surface area contributed by atoms with Gasteiger partial charge in [-0.1, -0.05) is 11.6 Å². The smallest absolute Gasteiger partial charge is 0.314 e. The predicted octanol–water partition coefficient (Wildman–Crippen LogP) is 2.91. The highest BCUT2D eigenvalue weighted by Gasteiger charge is 2.09. The molecule has 0 unspecified atom stereocenters. The molecule has 0 spiro atoms. The molecule has 0 fully saturated rings. The molecule has 2 N–H and O–H groups in total. The normalized spacial score (nSPS) is 10.4. The van der Waals surface area contributed by atoms with Gasteiger partial charge < -0.3 is 15.4 Å². The standard InChI is InChI=1S/C14H21ClN2O2/c1-9(2)17-14(18)16-6-5-11-8-12(15)7-10(3)13(11)19-4/h7-9H,5-6H2,1-4H3,(H2,16,17,18). The number of halogens is 1. The minimum atomic E-state index is -0.160. The Morgan fingerprint density at radius 1 is 1.42 bits per heavy atom. The Balaban J connectivity index is 2.60. The van der Waals surface area contributed by atoms with E-state index in [4.69, 9.17) is 16.3 Å². The van der Waals surface area contributed by atoms with Crippen molar-refractivity contribution in [2.45, 2.75) is 33.2 Å². The molecule has 0 bridgehead atoms. The first-order chi connectivity index (χ1) is 8.93. The van der Waals surface area contributed by atoms with Crippen LogP contribution in [0.3, 0.4) is 0 Å². The van der Waals surface area contributed by atoms with Crippen molar-refractivity contribution in [2.24, 2.45) is 0 Å². The van der Waals surface area contributed by atoms with Crippen molar-refractivity contribution >= 4 is 17.6 Å². The van der Waals surface area contributed by atoms with E-state index in [1.165, 1.54) is 0 Å². The van der Waals surface area contributed by atoms with Gasteiger partial charge in [0.2, 0.25) is 0 Å². The molecular formula is C14H21ClN2O2. The Morgan fingerprint density at radius 2 is 2.11 bits per heavy atom. The second kappa shape index (κ2) is 7.24. The van der Waals surface area contributed by atoms with Crippen LogP contribution in [0.4, 0.5) is 4.79 Å².